The molecule has 2 N–H and O–H groups in total. The van der Waals surface area contributed by atoms with Crippen LogP contribution in [0.25, 0.3) is 0 Å². The Morgan fingerprint density at radius 1 is 1.12 bits per heavy atom. The van der Waals surface area contributed by atoms with Crippen molar-refractivity contribution in [2.75, 3.05) is 32.8 Å². The molecule has 0 radical (unpaired) electrons. The van der Waals surface area contributed by atoms with Gasteiger partial charge in [-0.25, -0.2) is 4.79 Å². The van der Waals surface area contributed by atoms with Gasteiger partial charge >= 0.3 is 6.03 Å². The van der Waals surface area contributed by atoms with Crippen LogP contribution >= 0.6 is 0 Å². The van der Waals surface area contributed by atoms with Crippen molar-refractivity contribution in [1.29, 1.82) is 0 Å². The zero-order valence-electron chi connectivity index (χ0n) is 16.3. The molecule has 0 aromatic carbocycles. The van der Waals surface area contributed by atoms with Crippen molar-refractivity contribution < 1.29 is 14.3 Å². The second-order valence-corrected chi connectivity index (χ2v) is 8.40. The van der Waals surface area contributed by atoms with Gasteiger partial charge in [0.05, 0.1) is 6.10 Å². The Morgan fingerprint density at radius 2 is 1.80 bits per heavy atom. The summed E-state index contributed by atoms with van der Waals surface area (Å²) >= 11 is 0. The third-order valence-electron chi connectivity index (χ3n) is 5.32. The summed E-state index contributed by atoms with van der Waals surface area (Å²) in [4.78, 5) is 26.2. The third-order valence-corrected chi connectivity index (χ3v) is 5.32. The summed E-state index contributed by atoms with van der Waals surface area (Å²) in [5.41, 5.74) is 0.0841. The van der Waals surface area contributed by atoms with Gasteiger partial charge in [0.1, 0.15) is 0 Å². The first-order valence-corrected chi connectivity index (χ1v) is 9.75. The highest BCUT2D eigenvalue weighted by molar-refractivity contribution is 5.79. The molecule has 3 amide bonds. The Labute approximate surface area is 152 Å². The number of likely N-dealkylation sites (tertiary alicyclic amines) is 1. The normalized spacial score (nSPS) is 25.5. The smallest absolute Gasteiger partial charge is 0.317 e. The third kappa shape index (κ3) is 5.59. The van der Waals surface area contributed by atoms with E-state index in [0.29, 0.717) is 32.1 Å². The molecule has 2 saturated heterocycles. The molecule has 144 valence electrons. The number of nitrogens with one attached hydrogen (secondary N) is 2. The SMILES string of the molecule is CCNC(=O)C1CCN(C(=O)NCC2CCCOC2C(C)(C)C)CC1. The molecule has 2 aliphatic rings. The van der Waals surface area contributed by atoms with Crippen LogP contribution in [0, 0.1) is 17.3 Å². The summed E-state index contributed by atoms with van der Waals surface area (Å²) < 4.78 is 5.99. The lowest BCUT2D eigenvalue weighted by Gasteiger charge is -2.40. The van der Waals surface area contributed by atoms with Crippen molar-refractivity contribution in [1.82, 2.24) is 15.5 Å². The number of rotatable bonds is 4. The lowest BCUT2D eigenvalue weighted by Crippen LogP contribution is -2.50. The number of hydrogen-bond acceptors (Lipinski definition) is 3. The number of urea groups is 1. The molecule has 0 aromatic rings. The van der Waals surface area contributed by atoms with Gasteiger partial charge in [0, 0.05) is 44.6 Å². The van der Waals surface area contributed by atoms with E-state index >= 15 is 0 Å². The van der Waals surface area contributed by atoms with Crippen LogP contribution in [0.5, 0.6) is 0 Å². The summed E-state index contributed by atoms with van der Waals surface area (Å²) in [7, 11) is 0. The molecule has 2 fully saturated rings. The van der Waals surface area contributed by atoms with Crippen LogP contribution in [-0.2, 0) is 9.53 Å². The Kier molecular flexibility index (Phi) is 7.11. The van der Waals surface area contributed by atoms with Crippen molar-refractivity contribution in [3.63, 3.8) is 0 Å². The van der Waals surface area contributed by atoms with Gasteiger partial charge in [0.25, 0.3) is 0 Å². The first-order valence-electron chi connectivity index (χ1n) is 9.75. The van der Waals surface area contributed by atoms with Gasteiger partial charge in [-0.3, -0.25) is 4.79 Å². The highest BCUT2D eigenvalue weighted by Crippen LogP contribution is 2.33. The number of carbonyl (C=O) groups is 2. The van der Waals surface area contributed by atoms with Crippen molar-refractivity contribution >= 4 is 11.9 Å². The Balaban J connectivity index is 1.78. The van der Waals surface area contributed by atoms with Gasteiger partial charge < -0.3 is 20.3 Å². The van der Waals surface area contributed by atoms with Crippen LogP contribution in [0.4, 0.5) is 4.79 Å². The van der Waals surface area contributed by atoms with E-state index in [1.807, 2.05) is 11.8 Å². The largest absolute Gasteiger partial charge is 0.377 e. The van der Waals surface area contributed by atoms with E-state index in [1.165, 1.54) is 0 Å². The summed E-state index contributed by atoms with van der Waals surface area (Å²) in [6, 6.07) is -0.00687. The second kappa shape index (κ2) is 8.88. The van der Waals surface area contributed by atoms with E-state index in [0.717, 1.165) is 32.3 Å². The Hall–Kier alpha value is -1.30. The predicted molar refractivity (Wildman–Crippen MR) is 98.3 cm³/mol. The number of nitrogens with zero attached hydrogens (tertiary/aromatic N) is 1. The van der Waals surface area contributed by atoms with E-state index in [-0.39, 0.29) is 29.4 Å². The van der Waals surface area contributed by atoms with Crippen molar-refractivity contribution in [3.8, 4) is 0 Å². The number of ether oxygens (including phenoxy) is 1. The van der Waals surface area contributed by atoms with Crippen LogP contribution in [0.2, 0.25) is 0 Å². The van der Waals surface area contributed by atoms with Crippen LogP contribution < -0.4 is 10.6 Å². The molecule has 0 aromatic heterocycles. The molecule has 0 bridgehead atoms. The van der Waals surface area contributed by atoms with Crippen LogP contribution in [0.3, 0.4) is 0 Å². The first kappa shape index (κ1) is 20.0. The summed E-state index contributed by atoms with van der Waals surface area (Å²) in [5, 5.41) is 5.97. The first-order chi connectivity index (χ1) is 11.8. The van der Waals surface area contributed by atoms with E-state index < -0.39 is 0 Å². The molecule has 0 saturated carbocycles. The fourth-order valence-corrected chi connectivity index (χ4v) is 4.00. The second-order valence-electron chi connectivity index (χ2n) is 8.40. The maximum Gasteiger partial charge on any atom is 0.317 e. The fourth-order valence-electron chi connectivity index (χ4n) is 4.00. The van der Waals surface area contributed by atoms with Gasteiger partial charge in [-0.1, -0.05) is 20.8 Å². The van der Waals surface area contributed by atoms with E-state index in [4.69, 9.17) is 4.74 Å². The Bertz CT molecular complexity index is 453. The summed E-state index contributed by atoms with van der Waals surface area (Å²) in [6.45, 7) is 12.0. The average Bonchev–Trinajstić information content (AvgIpc) is 2.59. The molecule has 6 nitrogen and oxygen atoms in total. The van der Waals surface area contributed by atoms with Crippen molar-refractivity contribution in [3.05, 3.63) is 0 Å². The standard InChI is InChI=1S/C19H35N3O3/c1-5-20-17(23)14-8-10-22(11-9-14)18(24)21-13-15-7-6-12-25-16(15)19(2,3)4/h14-16H,5-13H2,1-4H3,(H,20,23)(H,21,24). The maximum atomic E-state index is 12.5. The highest BCUT2D eigenvalue weighted by atomic mass is 16.5. The molecule has 2 atom stereocenters. The molecule has 6 heteroatoms. The van der Waals surface area contributed by atoms with Gasteiger partial charge in [0.2, 0.25) is 5.91 Å². The van der Waals surface area contributed by atoms with Gasteiger partial charge in [-0.2, -0.15) is 0 Å². The summed E-state index contributed by atoms with van der Waals surface area (Å²) in [6.07, 6.45) is 3.84. The van der Waals surface area contributed by atoms with Crippen molar-refractivity contribution in [2.45, 2.75) is 59.5 Å². The van der Waals surface area contributed by atoms with Crippen LogP contribution in [0.1, 0.15) is 53.4 Å². The van der Waals surface area contributed by atoms with Gasteiger partial charge in [0.15, 0.2) is 0 Å². The lowest BCUT2D eigenvalue weighted by molar-refractivity contribution is -0.126. The van der Waals surface area contributed by atoms with Crippen LogP contribution in [-0.4, -0.2) is 55.7 Å². The van der Waals surface area contributed by atoms with Gasteiger partial charge in [-0.05, 0) is 38.0 Å². The summed E-state index contributed by atoms with van der Waals surface area (Å²) in [5.74, 6) is 0.529. The van der Waals surface area contributed by atoms with E-state index in [1.54, 1.807) is 0 Å². The highest BCUT2D eigenvalue weighted by Gasteiger charge is 2.36. The minimum atomic E-state index is -0.00687. The fraction of sp³-hybridized carbons (Fsp3) is 0.895. The molecule has 0 spiro atoms. The minimum absolute atomic E-state index is 0.00687. The number of amides is 3. The molecule has 2 aliphatic heterocycles. The number of hydrogen-bond donors (Lipinski definition) is 2. The molecular formula is C19H35N3O3. The molecular weight excluding hydrogens is 318 g/mol. The van der Waals surface area contributed by atoms with E-state index in [9.17, 15) is 9.59 Å². The minimum Gasteiger partial charge on any atom is -0.377 e. The zero-order valence-corrected chi connectivity index (χ0v) is 16.3. The number of piperidine rings is 1. The maximum absolute atomic E-state index is 12.5. The lowest BCUT2D eigenvalue weighted by atomic mass is 9.78. The van der Waals surface area contributed by atoms with Gasteiger partial charge in [-0.15, -0.1) is 0 Å². The quantitative estimate of drug-likeness (QED) is 0.815. The average molecular weight is 354 g/mol. The molecule has 2 unspecified atom stereocenters. The monoisotopic (exact) mass is 353 g/mol. The zero-order chi connectivity index (χ0) is 18.4. The predicted octanol–water partition coefficient (Wildman–Crippen LogP) is 2.39. The Morgan fingerprint density at radius 3 is 2.40 bits per heavy atom. The van der Waals surface area contributed by atoms with Crippen LogP contribution in [0.15, 0.2) is 0 Å². The topological polar surface area (TPSA) is 70.7 Å². The molecule has 0 aliphatic carbocycles. The van der Waals surface area contributed by atoms with Crippen molar-refractivity contribution in [2.24, 2.45) is 17.3 Å². The molecule has 2 heterocycles. The van der Waals surface area contributed by atoms with E-state index in [2.05, 4.69) is 31.4 Å². The molecule has 25 heavy (non-hydrogen) atoms. The molecule has 2 rings (SSSR count). The number of carbonyl (C=O) groups excluding carboxylic acids is 2.